The summed E-state index contributed by atoms with van der Waals surface area (Å²) < 4.78 is 0.914. The maximum atomic E-state index is 6.11. The van der Waals surface area contributed by atoms with E-state index < -0.39 is 0 Å². The number of nitrogen functional groups attached to an aromatic ring is 1. The van der Waals surface area contributed by atoms with Gasteiger partial charge >= 0.3 is 0 Å². The molecule has 2 aromatic rings. The van der Waals surface area contributed by atoms with Gasteiger partial charge in [-0.1, -0.05) is 29.3 Å². The number of anilines is 1. The Morgan fingerprint density at radius 3 is 2.61 bits per heavy atom. The highest BCUT2D eigenvalue weighted by molar-refractivity contribution is 9.10. The van der Waals surface area contributed by atoms with Crippen LogP contribution in [0.2, 0.25) is 10.0 Å². The molecule has 0 fully saturated rings. The van der Waals surface area contributed by atoms with Gasteiger partial charge in [0, 0.05) is 25.8 Å². The standard InChI is InChI=1S/C13H10BrCl2NS/c14-10-3-1-8(5-12(10)17)7-18-13-6-9(15)2-4-11(13)16/h1-6H,7,17H2. The van der Waals surface area contributed by atoms with E-state index in [-0.39, 0.29) is 0 Å². The van der Waals surface area contributed by atoms with Crippen LogP contribution in [-0.4, -0.2) is 0 Å². The Morgan fingerprint density at radius 1 is 1.11 bits per heavy atom. The number of hydrogen-bond acceptors (Lipinski definition) is 2. The predicted octanol–water partition coefficient (Wildman–Crippen LogP) is 5.63. The van der Waals surface area contributed by atoms with Crippen LogP contribution in [0.5, 0.6) is 0 Å². The van der Waals surface area contributed by atoms with E-state index in [1.165, 1.54) is 0 Å². The molecule has 2 N–H and O–H groups in total. The van der Waals surface area contributed by atoms with Crippen molar-refractivity contribution in [2.75, 3.05) is 5.73 Å². The van der Waals surface area contributed by atoms with Crippen LogP contribution >= 0.6 is 50.9 Å². The van der Waals surface area contributed by atoms with Gasteiger partial charge in [0.15, 0.2) is 0 Å². The summed E-state index contributed by atoms with van der Waals surface area (Å²) in [5.74, 6) is 0.803. The normalized spacial score (nSPS) is 10.6. The quantitative estimate of drug-likeness (QED) is 0.565. The fourth-order valence-corrected chi connectivity index (χ4v) is 3.11. The summed E-state index contributed by atoms with van der Waals surface area (Å²) in [6.07, 6.45) is 0. The van der Waals surface area contributed by atoms with E-state index in [2.05, 4.69) is 15.9 Å². The summed E-state index contributed by atoms with van der Waals surface area (Å²) in [6.45, 7) is 0. The molecule has 94 valence electrons. The maximum absolute atomic E-state index is 6.11. The van der Waals surface area contributed by atoms with Crippen LogP contribution in [0, 0.1) is 0 Å². The topological polar surface area (TPSA) is 26.0 Å². The van der Waals surface area contributed by atoms with E-state index in [1.807, 2.05) is 30.3 Å². The van der Waals surface area contributed by atoms with Crippen LogP contribution in [0.1, 0.15) is 5.56 Å². The molecular formula is C13H10BrCl2NS. The van der Waals surface area contributed by atoms with Gasteiger partial charge in [-0.15, -0.1) is 11.8 Å². The van der Waals surface area contributed by atoms with E-state index in [0.29, 0.717) is 5.02 Å². The van der Waals surface area contributed by atoms with Crippen LogP contribution in [0.25, 0.3) is 0 Å². The summed E-state index contributed by atoms with van der Waals surface area (Å²) in [5.41, 5.74) is 7.73. The molecule has 0 saturated carbocycles. The Balaban J connectivity index is 2.11. The lowest BCUT2D eigenvalue weighted by Gasteiger charge is -2.06. The lowest BCUT2D eigenvalue weighted by atomic mass is 10.2. The zero-order chi connectivity index (χ0) is 13.1. The van der Waals surface area contributed by atoms with Gasteiger partial charge in [0.1, 0.15) is 0 Å². The Labute approximate surface area is 129 Å². The Hall–Kier alpha value is -0.350. The van der Waals surface area contributed by atoms with E-state index in [9.17, 15) is 0 Å². The lowest BCUT2D eigenvalue weighted by Crippen LogP contribution is -1.89. The van der Waals surface area contributed by atoms with Gasteiger partial charge < -0.3 is 5.73 Å². The van der Waals surface area contributed by atoms with Crippen molar-refractivity contribution in [3.63, 3.8) is 0 Å². The summed E-state index contributed by atoms with van der Waals surface area (Å²) in [4.78, 5) is 0.977. The zero-order valence-corrected chi connectivity index (χ0v) is 13.2. The third-order valence-electron chi connectivity index (χ3n) is 2.35. The number of benzene rings is 2. The van der Waals surface area contributed by atoms with E-state index in [1.54, 1.807) is 17.8 Å². The molecule has 0 aromatic heterocycles. The smallest absolute Gasteiger partial charge is 0.0543 e. The number of rotatable bonds is 3. The van der Waals surface area contributed by atoms with Crippen molar-refractivity contribution in [2.24, 2.45) is 0 Å². The molecule has 0 bridgehead atoms. The Kier molecular flexibility index (Phi) is 4.84. The average Bonchev–Trinajstić information content (AvgIpc) is 2.34. The molecule has 5 heteroatoms. The third-order valence-corrected chi connectivity index (χ3v) is 4.87. The molecule has 0 aliphatic heterocycles. The molecule has 0 unspecified atom stereocenters. The molecule has 0 spiro atoms. The van der Waals surface area contributed by atoms with E-state index in [4.69, 9.17) is 28.9 Å². The first kappa shape index (κ1) is 14.1. The van der Waals surface area contributed by atoms with E-state index >= 15 is 0 Å². The molecule has 2 aromatic carbocycles. The fraction of sp³-hybridized carbons (Fsp3) is 0.0769. The fourth-order valence-electron chi connectivity index (χ4n) is 1.43. The molecule has 0 aliphatic carbocycles. The molecule has 0 radical (unpaired) electrons. The van der Waals surface area contributed by atoms with Crippen molar-refractivity contribution < 1.29 is 0 Å². The minimum absolute atomic E-state index is 0.692. The SMILES string of the molecule is Nc1cc(CSc2cc(Cl)ccc2Cl)ccc1Br. The van der Waals surface area contributed by atoms with E-state index in [0.717, 1.165) is 31.4 Å². The first-order valence-corrected chi connectivity index (χ1v) is 7.71. The lowest BCUT2D eigenvalue weighted by molar-refractivity contribution is 1.38. The van der Waals surface area contributed by atoms with Crippen LogP contribution in [-0.2, 0) is 5.75 Å². The molecule has 0 saturated heterocycles. The number of halogens is 3. The average molecular weight is 363 g/mol. The maximum Gasteiger partial charge on any atom is 0.0543 e. The second kappa shape index (κ2) is 6.20. The molecule has 0 amide bonds. The molecular weight excluding hydrogens is 353 g/mol. The number of nitrogens with two attached hydrogens (primary N) is 1. The van der Waals surface area contributed by atoms with Gasteiger partial charge in [-0.2, -0.15) is 0 Å². The van der Waals surface area contributed by atoms with Crippen molar-refractivity contribution in [3.05, 3.63) is 56.5 Å². The second-order valence-electron chi connectivity index (χ2n) is 3.72. The highest BCUT2D eigenvalue weighted by Crippen LogP contribution is 2.32. The van der Waals surface area contributed by atoms with Crippen molar-refractivity contribution in [1.82, 2.24) is 0 Å². The van der Waals surface area contributed by atoms with Crippen molar-refractivity contribution >= 4 is 56.6 Å². The van der Waals surface area contributed by atoms with Gasteiger partial charge in [-0.25, -0.2) is 0 Å². The Bertz CT molecular complexity index is 575. The third kappa shape index (κ3) is 3.58. The van der Waals surface area contributed by atoms with Crippen LogP contribution < -0.4 is 5.73 Å². The second-order valence-corrected chi connectivity index (χ2v) is 6.43. The largest absolute Gasteiger partial charge is 0.398 e. The van der Waals surface area contributed by atoms with Crippen LogP contribution in [0.3, 0.4) is 0 Å². The zero-order valence-electron chi connectivity index (χ0n) is 9.29. The summed E-state index contributed by atoms with van der Waals surface area (Å²) in [6, 6.07) is 11.4. The first-order valence-electron chi connectivity index (χ1n) is 5.18. The first-order chi connectivity index (χ1) is 8.56. The highest BCUT2D eigenvalue weighted by Gasteiger charge is 2.04. The molecule has 0 aliphatic rings. The van der Waals surface area contributed by atoms with Crippen molar-refractivity contribution in [3.8, 4) is 0 Å². The predicted molar refractivity (Wildman–Crippen MR) is 84.6 cm³/mol. The number of thioether (sulfide) groups is 1. The Morgan fingerprint density at radius 2 is 1.89 bits per heavy atom. The van der Waals surface area contributed by atoms with Crippen molar-refractivity contribution in [1.29, 1.82) is 0 Å². The summed E-state index contributed by atoms with van der Waals surface area (Å²) >= 11 is 17.1. The molecule has 1 nitrogen and oxygen atoms in total. The molecule has 18 heavy (non-hydrogen) atoms. The molecule has 0 atom stereocenters. The van der Waals surface area contributed by atoms with Gasteiger partial charge in [0.2, 0.25) is 0 Å². The van der Waals surface area contributed by atoms with Crippen LogP contribution in [0.4, 0.5) is 5.69 Å². The van der Waals surface area contributed by atoms with Gasteiger partial charge in [0.25, 0.3) is 0 Å². The highest BCUT2D eigenvalue weighted by atomic mass is 79.9. The minimum atomic E-state index is 0.692. The summed E-state index contributed by atoms with van der Waals surface area (Å²) in [7, 11) is 0. The monoisotopic (exact) mass is 361 g/mol. The van der Waals surface area contributed by atoms with Gasteiger partial charge in [0.05, 0.1) is 5.02 Å². The van der Waals surface area contributed by atoms with Crippen molar-refractivity contribution in [2.45, 2.75) is 10.6 Å². The molecule has 0 heterocycles. The minimum Gasteiger partial charge on any atom is -0.398 e. The number of hydrogen-bond donors (Lipinski definition) is 1. The van der Waals surface area contributed by atoms with Crippen LogP contribution in [0.15, 0.2) is 45.8 Å². The molecule has 2 rings (SSSR count). The van der Waals surface area contributed by atoms with Gasteiger partial charge in [-0.3, -0.25) is 0 Å². The van der Waals surface area contributed by atoms with Gasteiger partial charge in [-0.05, 0) is 51.8 Å². The summed E-state index contributed by atoms with van der Waals surface area (Å²) in [5, 5.41) is 1.41.